The van der Waals surface area contributed by atoms with Gasteiger partial charge in [0.15, 0.2) is 0 Å². The van der Waals surface area contributed by atoms with Crippen LogP contribution in [0, 0.1) is 6.92 Å². The average molecular weight is 311 g/mol. The number of benzene rings is 3. The van der Waals surface area contributed by atoms with Crippen LogP contribution in [-0.2, 0) is 10.0 Å². The molecule has 4 heteroatoms. The molecule has 3 aromatic carbocycles. The molecule has 3 aromatic rings. The number of fused-ring (bicyclic) bond motifs is 1. The summed E-state index contributed by atoms with van der Waals surface area (Å²) in [6.45, 7) is 1.94. The van der Waals surface area contributed by atoms with Crippen molar-refractivity contribution in [1.29, 1.82) is 0 Å². The molecule has 3 rings (SSSR count). The first-order valence-electron chi connectivity index (χ1n) is 7.03. The van der Waals surface area contributed by atoms with E-state index >= 15 is 0 Å². The zero-order valence-corrected chi connectivity index (χ0v) is 13.3. The summed E-state index contributed by atoms with van der Waals surface area (Å²) in [5, 5.41) is 1.95. The number of anilines is 1. The number of hydrogen-bond donors (Lipinski definition) is 0. The van der Waals surface area contributed by atoms with E-state index in [4.69, 9.17) is 0 Å². The molecule has 0 bridgehead atoms. The van der Waals surface area contributed by atoms with Gasteiger partial charge < -0.3 is 0 Å². The van der Waals surface area contributed by atoms with Crippen molar-refractivity contribution in [3.05, 3.63) is 72.3 Å². The number of hydrogen-bond acceptors (Lipinski definition) is 2. The zero-order chi connectivity index (χ0) is 15.7. The summed E-state index contributed by atoms with van der Waals surface area (Å²) in [4.78, 5) is 0.301. The maximum absolute atomic E-state index is 12.8. The highest BCUT2D eigenvalue weighted by molar-refractivity contribution is 7.92. The van der Waals surface area contributed by atoms with E-state index in [0.29, 0.717) is 10.6 Å². The molecular formula is C18H17NO2S. The van der Waals surface area contributed by atoms with Crippen LogP contribution in [0.2, 0.25) is 0 Å². The Hall–Kier alpha value is -2.33. The molecule has 0 heterocycles. The van der Waals surface area contributed by atoms with E-state index in [1.165, 1.54) is 4.31 Å². The van der Waals surface area contributed by atoms with Crippen molar-refractivity contribution in [2.24, 2.45) is 0 Å². The molecule has 0 fully saturated rings. The van der Waals surface area contributed by atoms with E-state index < -0.39 is 10.0 Å². The minimum absolute atomic E-state index is 0.301. The van der Waals surface area contributed by atoms with E-state index in [9.17, 15) is 8.42 Å². The first kappa shape index (κ1) is 14.6. The molecule has 0 aliphatic rings. The Labute approximate surface area is 130 Å². The molecule has 22 heavy (non-hydrogen) atoms. The summed E-state index contributed by atoms with van der Waals surface area (Å²) in [7, 11) is -1.98. The van der Waals surface area contributed by atoms with Crippen LogP contribution in [-0.4, -0.2) is 15.5 Å². The van der Waals surface area contributed by atoms with Crippen molar-refractivity contribution in [2.45, 2.75) is 11.8 Å². The van der Waals surface area contributed by atoms with Gasteiger partial charge in [-0.15, -0.1) is 0 Å². The van der Waals surface area contributed by atoms with E-state index in [1.54, 1.807) is 25.2 Å². The Kier molecular flexibility index (Phi) is 3.62. The smallest absolute Gasteiger partial charge is 0.264 e. The SMILES string of the molecule is Cc1cccc(N(C)S(=O)(=O)c2ccc3ccccc3c2)c1. The quantitative estimate of drug-likeness (QED) is 0.734. The van der Waals surface area contributed by atoms with Gasteiger partial charge >= 0.3 is 0 Å². The van der Waals surface area contributed by atoms with Crippen molar-refractivity contribution >= 4 is 26.5 Å². The Balaban J connectivity index is 2.07. The molecule has 0 aromatic heterocycles. The Bertz CT molecular complexity index is 932. The van der Waals surface area contributed by atoms with Gasteiger partial charge in [0.25, 0.3) is 10.0 Å². The number of aryl methyl sites for hydroxylation is 1. The minimum Gasteiger partial charge on any atom is -0.269 e. The fraction of sp³-hybridized carbons (Fsp3) is 0.111. The maximum Gasteiger partial charge on any atom is 0.264 e. The minimum atomic E-state index is -3.57. The predicted octanol–water partition coefficient (Wildman–Crippen LogP) is 3.97. The van der Waals surface area contributed by atoms with Gasteiger partial charge in [-0.05, 0) is 47.5 Å². The summed E-state index contributed by atoms with van der Waals surface area (Å²) in [6, 6.07) is 20.4. The highest BCUT2D eigenvalue weighted by Gasteiger charge is 2.21. The summed E-state index contributed by atoms with van der Waals surface area (Å²) in [6.07, 6.45) is 0. The van der Waals surface area contributed by atoms with Gasteiger partial charge in [-0.1, -0.05) is 42.5 Å². The number of nitrogens with zero attached hydrogens (tertiary/aromatic N) is 1. The van der Waals surface area contributed by atoms with Crippen LogP contribution in [0.25, 0.3) is 10.8 Å². The van der Waals surface area contributed by atoms with Crippen molar-refractivity contribution in [3.8, 4) is 0 Å². The Morgan fingerprint density at radius 2 is 1.55 bits per heavy atom. The average Bonchev–Trinajstić information content (AvgIpc) is 2.53. The summed E-state index contributed by atoms with van der Waals surface area (Å²) in [5.74, 6) is 0. The van der Waals surface area contributed by atoms with Crippen LogP contribution in [0.3, 0.4) is 0 Å². The lowest BCUT2D eigenvalue weighted by atomic mass is 10.1. The Morgan fingerprint density at radius 3 is 2.27 bits per heavy atom. The van der Waals surface area contributed by atoms with Gasteiger partial charge in [-0.3, -0.25) is 4.31 Å². The van der Waals surface area contributed by atoms with Crippen molar-refractivity contribution in [1.82, 2.24) is 0 Å². The van der Waals surface area contributed by atoms with Crippen LogP contribution < -0.4 is 4.31 Å². The third-order valence-corrected chi connectivity index (χ3v) is 5.53. The molecule has 0 aliphatic heterocycles. The van der Waals surface area contributed by atoms with Gasteiger partial charge in [0.05, 0.1) is 10.6 Å². The molecule has 0 unspecified atom stereocenters. The molecule has 0 radical (unpaired) electrons. The standard InChI is InChI=1S/C18H17NO2S/c1-14-6-5-9-17(12-14)19(2)22(20,21)18-11-10-15-7-3-4-8-16(15)13-18/h3-13H,1-2H3. The second-order valence-corrected chi connectivity index (χ2v) is 7.29. The van der Waals surface area contributed by atoms with Crippen LogP contribution in [0.5, 0.6) is 0 Å². The second-order valence-electron chi connectivity index (χ2n) is 5.32. The third-order valence-electron chi connectivity index (χ3n) is 3.74. The van der Waals surface area contributed by atoms with E-state index in [0.717, 1.165) is 16.3 Å². The lowest BCUT2D eigenvalue weighted by molar-refractivity contribution is 0.594. The molecule has 0 N–H and O–H groups in total. The molecule has 0 atom stereocenters. The first-order valence-corrected chi connectivity index (χ1v) is 8.47. The molecule has 3 nitrogen and oxygen atoms in total. The zero-order valence-electron chi connectivity index (χ0n) is 12.5. The van der Waals surface area contributed by atoms with Gasteiger partial charge in [0.2, 0.25) is 0 Å². The predicted molar refractivity (Wildman–Crippen MR) is 90.7 cm³/mol. The molecular weight excluding hydrogens is 294 g/mol. The second kappa shape index (κ2) is 5.46. The topological polar surface area (TPSA) is 37.4 Å². The molecule has 0 amide bonds. The monoisotopic (exact) mass is 311 g/mol. The molecule has 0 spiro atoms. The van der Waals surface area contributed by atoms with Crippen molar-refractivity contribution < 1.29 is 8.42 Å². The molecule has 0 saturated heterocycles. The lowest BCUT2D eigenvalue weighted by Crippen LogP contribution is -2.26. The van der Waals surface area contributed by atoms with Gasteiger partial charge in [-0.2, -0.15) is 0 Å². The summed E-state index contributed by atoms with van der Waals surface area (Å²) >= 11 is 0. The maximum atomic E-state index is 12.8. The van der Waals surface area contributed by atoms with Crippen LogP contribution >= 0.6 is 0 Å². The van der Waals surface area contributed by atoms with Crippen molar-refractivity contribution in [2.75, 3.05) is 11.4 Å². The molecule has 0 saturated carbocycles. The summed E-state index contributed by atoms with van der Waals surface area (Å²) < 4.78 is 27.0. The largest absolute Gasteiger partial charge is 0.269 e. The first-order chi connectivity index (χ1) is 10.5. The summed E-state index contributed by atoms with van der Waals surface area (Å²) in [5.41, 5.74) is 1.69. The van der Waals surface area contributed by atoms with E-state index in [-0.39, 0.29) is 0 Å². The van der Waals surface area contributed by atoms with Gasteiger partial charge in [-0.25, -0.2) is 8.42 Å². The van der Waals surface area contributed by atoms with E-state index in [2.05, 4.69) is 0 Å². The fourth-order valence-electron chi connectivity index (χ4n) is 2.45. The normalized spacial score (nSPS) is 11.5. The third kappa shape index (κ3) is 2.57. The highest BCUT2D eigenvalue weighted by Crippen LogP contribution is 2.25. The van der Waals surface area contributed by atoms with Crippen LogP contribution in [0.15, 0.2) is 71.6 Å². The van der Waals surface area contributed by atoms with Crippen LogP contribution in [0.4, 0.5) is 5.69 Å². The van der Waals surface area contributed by atoms with Gasteiger partial charge in [0.1, 0.15) is 0 Å². The van der Waals surface area contributed by atoms with Crippen LogP contribution in [0.1, 0.15) is 5.56 Å². The van der Waals surface area contributed by atoms with E-state index in [1.807, 2.05) is 55.5 Å². The van der Waals surface area contributed by atoms with Gasteiger partial charge in [0, 0.05) is 7.05 Å². The molecule has 112 valence electrons. The number of sulfonamides is 1. The molecule has 0 aliphatic carbocycles. The fourth-order valence-corrected chi connectivity index (χ4v) is 3.67. The van der Waals surface area contributed by atoms with Crippen molar-refractivity contribution in [3.63, 3.8) is 0 Å². The lowest BCUT2D eigenvalue weighted by Gasteiger charge is -2.20. The Morgan fingerprint density at radius 1 is 0.818 bits per heavy atom. The highest BCUT2D eigenvalue weighted by atomic mass is 32.2. The number of rotatable bonds is 3.